The highest BCUT2D eigenvalue weighted by Gasteiger charge is 2.21. The largest absolute Gasteiger partial charge is 0.480 e. The van der Waals surface area contributed by atoms with E-state index >= 15 is 0 Å². The van der Waals surface area contributed by atoms with Gasteiger partial charge in [0.1, 0.15) is 11.9 Å². The Hall–Kier alpha value is -3.76. The lowest BCUT2D eigenvalue weighted by Gasteiger charge is -2.19. The first kappa shape index (κ1) is 21.5. The van der Waals surface area contributed by atoms with Crippen molar-refractivity contribution in [2.75, 3.05) is 19.8 Å². The number of pyridine rings is 1. The Balaban J connectivity index is 1.62. The second-order valence-electron chi connectivity index (χ2n) is 7.62. The predicted octanol–water partition coefficient (Wildman–Crippen LogP) is 2.52. The van der Waals surface area contributed by atoms with Gasteiger partial charge in [-0.05, 0) is 31.3 Å². The summed E-state index contributed by atoms with van der Waals surface area (Å²) in [7, 11) is 3.45. The van der Waals surface area contributed by atoms with E-state index in [9.17, 15) is 14.7 Å². The van der Waals surface area contributed by atoms with Crippen molar-refractivity contribution >= 4 is 39.1 Å². The number of carboxylic acid groups (broad SMARTS) is 1. The molecule has 1 atom stereocenters. The first-order valence-corrected chi connectivity index (χ1v) is 10.6. The lowest BCUT2D eigenvalue weighted by molar-refractivity contribution is -0.142. The molecule has 9 nitrogen and oxygen atoms in total. The topological polar surface area (TPSA) is 140 Å². The van der Waals surface area contributed by atoms with E-state index in [0.29, 0.717) is 10.7 Å². The standard InChI is InChI=1S/C22H22N6O3S/c1-27(2)17(22(30)31)11-28-10-14(8-26-28)12-3-5-13(6-4-12)16-9-25-20(23)19-15(16)7-18(32-19)21(24)29/h3-10,17H,11H2,1-2H3,(H2,23,25)(H2,24,29)(H,30,31). The smallest absolute Gasteiger partial charge is 0.322 e. The van der Waals surface area contributed by atoms with Crippen LogP contribution < -0.4 is 11.5 Å². The molecule has 3 aromatic heterocycles. The normalized spacial score (nSPS) is 12.3. The molecule has 0 aliphatic carbocycles. The van der Waals surface area contributed by atoms with E-state index in [1.54, 1.807) is 42.1 Å². The highest BCUT2D eigenvalue weighted by Crippen LogP contribution is 2.37. The number of nitrogen functional groups attached to an aromatic ring is 1. The molecule has 0 aliphatic rings. The van der Waals surface area contributed by atoms with E-state index in [0.717, 1.165) is 32.3 Å². The molecule has 5 N–H and O–H groups in total. The summed E-state index contributed by atoms with van der Waals surface area (Å²) in [4.78, 5) is 29.4. The maximum Gasteiger partial charge on any atom is 0.322 e. The summed E-state index contributed by atoms with van der Waals surface area (Å²) in [5.41, 5.74) is 15.0. The van der Waals surface area contributed by atoms with E-state index < -0.39 is 17.9 Å². The molecule has 0 aliphatic heterocycles. The van der Waals surface area contributed by atoms with Crippen LogP contribution in [0, 0.1) is 0 Å². The van der Waals surface area contributed by atoms with Crippen LogP contribution in [0.1, 0.15) is 9.67 Å². The highest BCUT2D eigenvalue weighted by molar-refractivity contribution is 7.21. The molecule has 3 heterocycles. The molecule has 0 saturated carbocycles. The van der Waals surface area contributed by atoms with Gasteiger partial charge in [-0.25, -0.2) is 4.98 Å². The van der Waals surface area contributed by atoms with Gasteiger partial charge >= 0.3 is 5.97 Å². The van der Waals surface area contributed by atoms with Crippen molar-refractivity contribution in [1.82, 2.24) is 19.7 Å². The summed E-state index contributed by atoms with van der Waals surface area (Å²) in [6.45, 7) is 0.246. The Morgan fingerprint density at radius 2 is 1.84 bits per heavy atom. The minimum atomic E-state index is -0.896. The molecular formula is C22H22N6O3S. The zero-order valence-corrected chi connectivity index (χ0v) is 18.3. The van der Waals surface area contributed by atoms with Crippen molar-refractivity contribution < 1.29 is 14.7 Å². The fourth-order valence-electron chi connectivity index (χ4n) is 3.49. The molecule has 1 aromatic carbocycles. The number of aliphatic carboxylic acids is 1. The molecule has 0 radical (unpaired) electrons. The molecule has 0 bridgehead atoms. The number of benzene rings is 1. The van der Waals surface area contributed by atoms with Crippen LogP contribution in [-0.4, -0.2) is 56.8 Å². The van der Waals surface area contributed by atoms with Gasteiger partial charge < -0.3 is 16.6 Å². The maximum absolute atomic E-state index is 11.6. The molecule has 32 heavy (non-hydrogen) atoms. The summed E-state index contributed by atoms with van der Waals surface area (Å²) in [5, 5.41) is 14.5. The second-order valence-corrected chi connectivity index (χ2v) is 8.67. The van der Waals surface area contributed by atoms with Gasteiger partial charge in [0.25, 0.3) is 5.91 Å². The Labute approximate surface area is 187 Å². The van der Waals surface area contributed by atoms with Gasteiger partial charge in [0, 0.05) is 28.9 Å². The van der Waals surface area contributed by atoms with Gasteiger partial charge in [0.05, 0.1) is 22.3 Å². The molecule has 4 rings (SSSR count). The number of carbonyl (C=O) groups excluding carboxylic acids is 1. The third-order valence-electron chi connectivity index (χ3n) is 5.26. The number of primary amides is 1. The predicted molar refractivity (Wildman–Crippen MR) is 124 cm³/mol. The summed E-state index contributed by atoms with van der Waals surface area (Å²) < 4.78 is 2.36. The van der Waals surface area contributed by atoms with Crippen molar-refractivity contribution in [2.45, 2.75) is 12.6 Å². The van der Waals surface area contributed by atoms with Gasteiger partial charge in [-0.1, -0.05) is 24.3 Å². The van der Waals surface area contributed by atoms with Crippen LogP contribution in [0.3, 0.4) is 0 Å². The first-order valence-electron chi connectivity index (χ1n) is 9.75. The van der Waals surface area contributed by atoms with Gasteiger partial charge in [-0.15, -0.1) is 11.3 Å². The minimum absolute atomic E-state index is 0.246. The molecule has 0 saturated heterocycles. The zero-order chi connectivity index (χ0) is 23.0. The maximum atomic E-state index is 11.6. The number of amides is 1. The summed E-state index contributed by atoms with van der Waals surface area (Å²) in [5.74, 6) is -1.03. The Morgan fingerprint density at radius 1 is 1.16 bits per heavy atom. The lowest BCUT2D eigenvalue weighted by Crippen LogP contribution is -2.39. The number of carbonyl (C=O) groups is 2. The quantitative estimate of drug-likeness (QED) is 0.393. The van der Waals surface area contributed by atoms with Crippen molar-refractivity contribution in [3.63, 3.8) is 0 Å². The molecule has 4 aromatic rings. The molecule has 1 unspecified atom stereocenters. The molecular weight excluding hydrogens is 428 g/mol. The third-order valence-corrected chi connectivity index (χ3v) is 6.43. The SMILES string of the molecule is CN(C)C(Cn1cc(-c2ccc(-c3cnc(N)c4sc(C(N)=O)cc34)cc2)cn1)C(=O)O. The fraction of sp³-hybridized carbons (Fsp3) is 0.182. The van der Waals surface area contributed by atoms with E-state index in [-0.39, 0.29) is 6.54 Å². The van der Waals surface area contributed by atoms with Crippen molar-refractivity contribution in [1.29, 1.82) is 0 Å². The van der Waals surface area contributed by atoms with Gasteiger partial charge in [-0.2, -0.15) is 5.10 Å². The van der Waals surface area contributed by atoms with Crippen molar-refractivity contribution in [3.05, 3.63) is 53.8 Å². The number of fused-ring (bicyclic) bond motifs is 1. The van der Waals surface area contributed by atoms with Gasteiger partial charge in [0.15, 0.2) is 0 Å². The van der Waals surface area contributed by atoms with E-state index in [2.05, 4.69) is 10.1 Å². The van der Waals surface area contributed by atoms with Crippen LogP contribution in [0.25, 0.3) is 32.3 Å². The lowest BCUT2D eigenvalue weighted by atomic mass is 10.0. The van der Waals surface area contributed by atoms with Crippen LogP contribution in [-0.2, 0) is 11.3 Å². The molecule has 10 heteroatoms. The summed E-state index contributed by atoms with van der Waals surface area (Å²) in [6.07, 6.45) is 5.23. The number of aromatic nitrogens is 3. The number of rotatable bonds is 7. The highest BCUT2D eigenvalue weighted by atomic mass is 32.1. The van der Waals surface area contributed by atoms with E-state index in [1.807, 2.05) is 30.5 Å². The fourth-order valence-corrected chi connectivity index (χ4v) is 4.42. The third kappa shape index (κ3) is 4.05. The average molecular weight is 451 g/mol. The first-order chi connectivity index (χ1) is 15.2. The molecule has 1 amide bonds. The van der Waals surface area contributed by atoms with Crippen molar-refractivity contribution in [3.8, 4) is 22.3 Å². The number of nitrogens with zero attached hydrogens (tertiary/aromatic N) is 4. The Bertz CT molecular complexity index is 1310. The number of anilines is 1. The summed E-state index contributed by atoms with van der Waals surface area (Å²) >= 11 is 1.23. The Morgan fingerprint density at radius 3 is 2.47 bits per heavy atom. The zero-order valence-electron chi connectivity index (χ0n) is 17.5. The van der Waals surface area contributed by atoms with Gasteiger partial charge in [-0.3, -0.25) is 19.2 Å². The Kier molecular flexibility index (Phi) is 5.64. The average Bonchev–Trinajstić information content (AvgIpc) is 3.40. The van der Waals surface area contributed by atoms with Crippen LogP contribution in [0.4, 0.5) is 5.82 Å². The molecule has 164 valence electrons. The number of hydrogen-bond acceptors (Lipinski definition) is 7. The minimum Gasteiger partial charge on any atom is -0.480 e. The van der Waals surface area contributed by atoms with Gasteiger partial charge in [0.2, 0.25) is 0 Å². The monoisotopic (exact) mass is 450 g/mol. The van der Waals surface area contributed by atoms with E-state index in [4.69, 9.17) is 11.5 Å². The van der Waals surface area contributed by atoms with Crippen molar-refractivity contribution in [2.24, 2.45) is 5.73 Å². The molecule has 0 spiro atoms. The summed E-state index contributed by atoms with van der Waals surface area (Å²) in [6, 6.07) is 8.92. The number of thiophene rings is 1. The van der Waals surface area contributed by atoms with Crippen LogP contribution in [0.2, 0.25) is 0 Å². The van der Waals surface area contributed by atoms with Crippen LogP contribution in [0.5, 0.6) is 0 Å². The van der Waals surface area contributed by atoms with E-state index in [1.165, 1.54) is 11.3 Å². The number of likely N-dealkylation sites (N-methyl/N-ethyl adjacent to an activating group) is 1. The second kappa shape index (κ2) is 8.40. The number of carboxylic acids is 1. The van der Waals surface area contributed by atoms with Crippen LogP contribution in [0.15, 0.2) is 48.9 Å². The number of nitrogens with two attached hydrogens (primary N) is 2. The number of hydrogen-bond donors (Lipinski definition) is 3. The van der Waals surface area contributed by atoms with Crippen LogP contribution >= 0.6 is 11.3 Å². The molecule has 0 fully saturated rings.